The van der Waals surface area contributed by atoms with Gasteiger partial charge in [-0.15, -0.1) is 0 Å². The number of H-pyrrole nitrogens is 1. The van der Waals surface area contributed by atoms with Crippen molar-refractivity contribution in [3.63, 3.8) is 0 Å². The van der Waals surface area contributed by atoms with Crippen molar-refractivity contribution in [3.8, 4) is 0 Å². The van der Waals surface area contributed by atoms with Crippen molar-refractivity contribution < 1.29 is 4.79 Å². The SMILES string of the molecule is CC[C@H](C)NC(=O)c1nc2cc(C)c(C)cc2[nH]c1=O. The van der Waals surface area contributed by atoms with Gasteiger partial charge in [-0.3, -0.25) is 9.59 Å². The van der Waals surface area contributed by atoms with Crippen LogP contribution in [0, 0.1) is 13.8 Å². The van der Waals surface area contributed by atoms with E-state index >= 15 is 0 Å². The maximum atomic E-state index is 12.0. The number of hydrogen-bond acceptors (Lipinski definition) is 3. The van der Waals surface area contributed by atoms with Crippen LogP contribution in [0.1, 0.15) is 41.9 Å². The van der Waals surface area contributed by atoms with Crippen LogP contribution < -0.4 is 10.9 Å². The summed E-state index contributed by atoms with van der Waals surface area (Å²) in [6.07, 6.45) is 0.801. The van der Waals surface area contributed by atoms with Crippen molar-refractivity contribution in [2.24, 2.45) is 0 Å². The zero-order valence-electron chi connectivity index (χ0n) is 12.2. The monoisotopic (exact) mass is 273 g/mol. The highest BCUT2D eigenvalue weighted by Gasteiger charge is 2.15. The molecule has 106 valence electrons. The van der Waals surface area contributed by atoms with Crippen LogP contribution in [0.4, 0.5) is 0 Å². The molecule has 1 atom stereocenters. The van der Waals surface area contributed by atoms with E-state index in [1.165, 1.54) is 0 Å². The molecular formula is C15H19N3O2. The molecule has 5 nitrogen and oxygen atoms in total. The minimum absolute atomic E-state index is 0.0131. The topological polar surface area (TPSA) is 74.8 Å². The number of fused-ring (bicyclic) bond motifs is 1. The standard InChI is InChI=1S/C15H19N3O2/c1-5-10(4)16-14(19)13-15(20)18-12-7-9(3)8(2)6-11(12)17-13/h6-7,10H,5H2,1-4H3,(H,16,19)(H,18,20)/t10-/m0/s1. The summed E-state index contributed by atoms with van der Waals surface area (Å²) in [7, 11) is 0. The molecule has 0 fully saturated rings. The zero-order valence-corrected chi connectivity index (χ0v) is 12.2. The second-order valence-corrected chi connectivity index (χ2v) is 5.15. The fraction of sp³-hybridized carbons (Fsp3) is 0.400. The van der Waals surface area contributed by atoms with Crippen LogP contribution in [0.5, 0.6) is 0 Å². The molecule has 0 spiro atoms. The Hall–Kier alpha value is -2.17. The van der Waals surface area contributed by atoms with Crippen molar-refractivity contribution in [2.75, 3.05) is 0 Å². The average molecular weight is 273 g/mol. The molecule has 1 amide bonds. The van der Waals surface area contributed by atoms with E-state index in [-0.39, 0.29) is 11.7 Å². The number of benzene rings is 1. The average Bonchev–Trinajstić information content (AvgIpc) is 2.39. The molecule has 0 unspecified atom stereocenters. The molecule has 20 heavy (non-hydrogen) atoms. The number of rotatable bonds is 3. The maximum Gasteiger partial charge on any atom is 0.280 e. The molecule has 0 aliphatic rings. The largest absolute Gasteiger partial charge is 0.348 e. The van der Waals surface area contributed by atoms with Crippen LogP contribution >= 0.6 is 0 Å². The fourth-order valence-corrected chi connectivity index (χ4v) is 1.89. The van der Waals surface area contributed by atoms with Crippen molar-refractivity contribution in [1.82, 2.24) is 15.3 Å². The Labute approximate surface area is 117 Å². The normalized spacial score (nSPS) is 12.4. The number of amides is 1. The Morgan fingerprint density at radius 2 is 2.00 bits per heavy atom. The molecule has 1 heterocycles. The molecule has 2 rings (SSSR count). The third kappa shape index (κ3) is 2.71. The highest BCUT2D eigenvalue weighted by molar-refractivity contribution is 5.93. The highest BCUT2D eigenvalue weighted by atomic mass is 16.2. The Morgan fingerprint density at radius 1 is 1.35 bits per heavy atom. The molecule has 0 aliphatic carbocycles. The molecular weight excluding hydrogens is 254 g/mol. The van der Waals surface area contributed by atoms with E-state index in [1.807, 2.05) is 39.8 Å². The van der Waals surface area contributed by atoms with Crippen molar-refractivity contribution in [2.45, 2.75) is 40.2 Å². The maximum absolute atomic E-state index is 12.0. The lowest BCUT2D eigenvalue weighted by molar-refractivity contribution is 0.0933. The van der Waals surface area contributed by atoms with Crippen LogP contribution in [-0.2, 0) is 0 Å². The Morgan fingerprint density at radius 3 is 2.65 bits per heavy atom. The summed E-state index contributed by atoms with van der Waals surface area (Å²) in [4.78, 5) is 30.9. The number of nitrogens with zero attached hydrogens (tertiary/aromatic N) is 1. The number of aromatic nitrogens is 2. The first-order chi connectivity index (χ1) is 9.42. The van der Waals surface area contributed by atoms with E-state index in [4.69, 9.17) is 0 Å². The highest BCUT2D eigenvalue weighted by Crippen LogP contribution is 2.14. The first-order valence-electron chi connectivity index (χ1n) is 6.74. The molecule has 2 aromatic rings. The van der Waals surface area contributed by atoms with Crippen LogP contribution in [0.3, 0.4) is 0 Å². The van der Waals surface area contributed by atoms with Gasteiger partial charge in [0, 0.05) is 6.04 Å². The smallest absolute Gasteiger partial charge is 0.280 e. The predicted molar refractivity (Wildman–Crippen MR) is 79.1 cm³/mol. The zero-order chi connectivity index (χ0) is 14.9. The van der Waals surface area contributed by atoms with Gasteiger partial charge in [-0.1, -0.05) is 6.92 Å². The van der Waals surface area contributed by atoms with Gasteiger partial charge in [0.1, 0.15) is 0 Å². The van der Waals surface area contributed by atoms with Crippen LogP contribution in [-0.4, -0.2) is 21.9 Å². The van der Waals surface area contributed by atoms with Gasteiger partial charge in [0.05, 0.1) is 11.0 Å². The molecule has 2 N–H and O–H groups in total. The Bertz CT molecular complexity index is 719. The summed E-state index contributed by atoms with van der Waals surface area (Å²) >= 11 is 0. The van der Waals surface area contributed by atoms with Crippen LogP contribution in [0.2, 0.25) is 0 Å². The quantitative estimate of drug-likeness (QED) is 0.899. The third-order valence-electron chi connectivity index (χ3n) is 3.51. The second kappa shape index (κ2) is 5.45. The summed E-state index contributed by atoms with van der Waals surface area (Å²) in [6.45, 7) is 7.80. The lowest BCUT2D eigenvalue weighted by atomic mass is 10.1. The van der Waals surface area contributed by atoms with E-state index in [1.54, 1.807) is 0 Å². The van der Waals surface area contributed by atoms with Gasteiger partial charge >= 0.3 is 0 Å². The summed E-state index contributed by atoms with van der Waals surface area (Å²) < 4.78 is 0. The molecule has 0 radical (unpaired) electrons. The van der Waals surface area contributed by atoms with E-state index in [0.29, 0.717) is 11.0 Å². The molecule has 0 saturated heterocycles. The van der Waals surface area contributed by atoms with Crippen molar-refractivity contribution in [3.05, 3.63) is 39.3 Å². The number of aryl methyl sites for hydroxylation is 2. The van der Waals surface area contributed by atoms with Gasteiger partial charge < -0.3 is 10.3 Å². The van der Waals surface area contributed by atoms with E-state index < -0.39 is 11.5 Å². The van der Waals surface area contributed by atoms with Gasteiger partial charge in [-0.2, -0.15) is 0 Å². The predicted octanol–water partition coefficient (Wildman–Crippen LogP) is 2.07. The Kier molecular flexibility index (Phi) is 3.88. The second-order valence-electron chi connectivity index (χ2n) is 5.15. The van der Waals surface area contributed by atoms with E-state index in [2.05, 4.69) is 15.3 Å². The first kappa shape index (κ1) is 14.2. The molecule has 1 aromatic carbocycles. The van der Waals surface area contributed by atoms with Crippen molar-refractivity contribution in [1.29, 1.82) is 0 Å². The van der Waals surface area contributed by atoms with Crippen LogP contribution in [0.15, 0.2) is 16.9 Å². The summed E-state index contributed by atoms with van der Waals surface area (Å²) in [5, 5.41) is 2.76. The lowest BCUT2D eigenvalue weighted by Crippen LogP contribution is -2.36. The summed E-state index contributed by atoms with van der Waals surface area (Å²) in [5.74, 6) is -0.430. The number of carbonyl (C=O) groups excluding carboxylic acids is 1. The van der Waals surface area contributed by atoms with Crippen molar-refractivity contribution >= 4 is 16.9 Å². The minimum atomic E-state index is -0.457. The molecule has 0 saturated carbocycles. The number of carbonyl (C=O) groups is 1. The van der Waals surface area contributed by atoms with Gasteiger partial charge in [0.2, 0.25) is 0 Å². The van der Waals surface area contributed by atoms with Crippen LogP contribution in [0.25, 0.3) is 11.0 Å². The van der Waals surface area contributed by atoms with E-state index in [9.17, 15) is 9.59 Å². The van der Waals surface area contributed by atoms with Gasteiger partial charge in [-0.25, -0.2) is 4.98 Å². The number of aromatic amines is 1. The van der Waals surface area contributed by atoms with Gasteiger partial charge in [0.25, 0.3) is 11.5 Å². The number of nitrogens with one attached hydrogen (secondary N) is 2. The van der Waals surface area contributed by atoms with E-state index in [0.717, 1.165) is 17.5 Å². The number of hydrogen-bond donors (Lipinski definition) is 2. The minimum Gasteiger partial charge on any atom is -0.348 e. The summed E-state index contributed by atoms with van der Waals surface area (Å²) in [6, 6.07) is 3.76. The lowest BCUT2D eigenvalue weighted by Gasteiger charge is -2.11. The molecule has 0 bridgehead atoms. The molecule has 1 aromatic heterocycles. The first-order valence-corrected chi connectivity index (χ1v) is 6.74. The molecule has 5 heteroatoms. The van der Waals surface area contributed by atoms with Gasteiger partial charge in [-0.05, 0) is 50.5 Å². The Balaban J connectivity index is 2.50. The van der Waals surface area contributed by atoms with Gasteiger partial charge in [0.15, 0.2) is 5.69 Å². The third-order valence-corrected chi connectivity index (χ3v) is 3.51. The molecule has 0 aliphatic heterocycles. The summed E-state index contributed by atoms with van der Waals surface area (Å²) in [5.41, 5.74) is 2.89. The fourth-order valence-electron chi connectivity index (χ4n) is 1.89.